The predicted molar refractivity (Wildman–Crippen MR) is 65.5 cm³/mol. The van der Waals surface area contributed by atoms with Gasteiger partial charge in [-0.1, -0.05) is 0 Å². The highest BCUT2D eigenvalue weighted by molar-refractivity contribution is 5.34. The molecule has 1 unspecified atom stereocenters. The molecule has 0 saturated heterocycles. The lowest BCUT2D eigenvalue weighted by Crippen LogP contribution is -2.30. The number of nitrogens with two attached hydrogens (primary N) is 1. The molecule has 0 aromatic carbocycles. The first-order valence-corrected chi connectivity index (χ1v) is 5.78. The lowest BCUT2D eigenvalue weighted by atomic mass is 10.00. The Morgan fingerprint density at radius 2 is 2.06 bits per heavy atom. The molecule has 3 N–H and O–H groups in total. The largest absolute Gasteiger partial charge is 0.466 e. The molecule has 0 aliphatic rings. The average Bonchev–Trinajstić information content (AvgIpc) is 2.82. The quantitative estimate of drug-likeness (QED) is 0.605. The Balaban J connectivity index is 2.28. The molecule has 0 amide bonds. The van der Waals surface area contributed by atoms with E-state index in [0.29, 0.717) is 12.2 Å². The first-order valence-electron chi connectivity index (χ1n) is 5.78. The van der Waals surface area contributed by atoms with Crippen molar-refractivity contribution in [3.05, 3.63) is 28.5 Å². The number of rotatable bonds is 4. The molecule has 0 aliphatic carbocycles. The second kappa shape index (κ2) is 4.87. The Labute approximate surface area is 105 Å². The van der Waals surface area contributed by atoms with Crippen LogP contribution >= 0.6 is 0 Å². The van der Waals surface area contributed by atoms with Crippen molar-refractivity contribution in [3.8, 4) is 0 Å². The van der Waals surface area contributed by atoms with Crippen LogP contribution in [-0.4, -0.2) is 20.2 Å². The van der Waals surface area contributed by atoms with Crippen molar-refractivity contribution in [2.45, 2.75) is 33.2 Å². The summed E-state index contributed by atoms with van der Waals surface area (Å²) < 4.78 is 5.61. The highest BCUT2D eigenvalue weighted by Crippen LogP contribution is 2.28. The summed E-state index contributed by atoms with van der Waals surface area (Å²) in [5, 5.41) is 11.9. The minimum Gasteiger partial charge on any atom is -0.466 e. The maximum atomic E-state index is 5.63. The summed E-state index contributed by atoms with van der Waals surface area (Å²) in [6, 6.07) is -0.0772. The van der Waals surface area contributed by atoms with Gasteiger partial charge in [-0.3, -0.25) is 11.3 Å². The van der Waals surface area contributed by atoms with Gasteiger partial charge in [0.05, 0.1) is 13.1 Å². The number of hydrogen-bond acceptors (Lipinski definition) is 6. The Morgan fingerprint density at radius 1 is 1.33 bits per heavy atom. The SMILES string of the molecule is Cc1oc(C)c(C(Cc2nnn(C)n2)NN)c1C. The molecule has 2 aromatic rings. The van der Waals surface area contributed by atoms with Crippen LogP contribution in [-0.2, 0) is 13.5 Å². The summed E-state index contributed by atoms with van der Waals surface area (Å²) in [5.41, 5.74) is 4.98. The van der Waals surface area contributed by atoms with Crippen LogP contribution in [0, 0.1) is 20.8 Å². The van der Waals surface area contributed by atoms with Crippen molar-refractivity contribution in [3.63, 3.8) is 0 Å². The van der Waals surface area contributed by atoms with Crippen molar-refractivity contribution in [2.75, 3.05) is 0 Å². The molecule has 2 heterocycles. The minimum absolute atomic E-state index is 0.0772. The molecule has 1 atom stereocenters. The summed E-state index contributed by atoms with van der Waals surface area (Å²) in [4.78, 5) is 1.43. The summed E-state index contributed by atoms with van der Waals surface area (Å²) in [6.45, 7) is 5.90. The van der Waals surface area contributed by atoms with Gasteiger partial charge < -0.3 is 4.42 Å². The standard InChI is InChI=1S/C11H18N6O/c1-6-7(2)18-8(3)11(6)9(13-12)5-10-14-16-17(4)15-10/h9,13H,5,12H2,1-4H3. The molecule has 7 nitrogen and oxygen atoms in total. The van der Waals surface area contributed by atoms with Crippen molar-refractivity contribution in [2.24, 2.45) is 12.9 Å². The topological polar surface area (TPSA) is 94.8 Å². The normalized spacial score (nSPS) is 12.9. The highest BCUT2D eigenvalue weighted by Gasteiger charge is 2.22. The zero-order chi connectivity index (χ0) is 13.3. The van der Waals surface area contributed by atoms with Crippen LogP contribution in [0.25, 0.3) is 0 Å². The Bertz CT molecular complexity index is 544. The Kier molecular flexibility index (Phi) is 3.44. The van der Waals surface area contributed by atoms with Crippen LogP contribution in [0.15, 0.2) is 4.42 Å². The summed E-state index contributed by atoms with van der Waals surface area (Å²) in [5.74, 6) is 8.07. The minimum atomic E-state index is -0.0772. The van der Waals surface area contributed by atoms with Gasteiger partial charge in [-0.25, -0.2) is 0 Å². The van der Waals surface area contributed by atoms with E-state index in [4.69, 9.17) is 10.3 Å². The molecule has 0 saturated carbocycles. The first-order chi connectivity index (χ1) is 8.52. The van der Waals surface area contributed by atoms with E-state index < -0.39 is 0 Å². The van der Waals surface area contributed by atoms with E-state index in [2.05, 4.69) is 20.8 Å². The van der Waals surface area contributed by atoms with E-state index in [9.17, 15) is 0 Å². The summed E-state index contributed by atoms with van der Waals surface area (Å²) >= 11 is 0. The fourth-order valence-corrected chi connectivity index (χ4v) is 2.15. The van der Waals surface area contributed by atoms with Gasteiger partial charge in [-0.2, -0.15) is 4.80 Å². The van der Waals surface area contributed by atoms with Gasteiger partial charge in [0.2, 0.25) is 0 Å². The van der Waals surface area contributed by atoms with E-state index in [1.54, 1.807) is 7.05 Å². The van der Waals surface area contributed by atoms with Gasteiger partial charge >= 0.3 is 0 Å². The molecule has 0 aliphatic heterocycles. The Morgan fingerprint density at radius 3 is 2.50 bits per heavy atom. The smallest absolute Gasteiger partial charge is 0.176 e. The zero-order valence-electron chi connectivity index (χ0n) is 11.1. The highest BCUT2D eigenvalue weighted by atomic mass is 16.3. The van der Waals surface area contributed by atoms with Crippen LogP contribution in [0.3, 0.4) is 0 Å². The molecule has 98 valence electrons. The van der Waals surface area contributed by atoms with Crippen LogP contribution in [0.2, 0.25) is 0 Å². The number of furan rings is 1. The first kappa shape index (κ1) is 12.7. The van der Waals surface area contributed by atoms with Crippen LogP contribution < -0.4 is 11.3 Å². The maximum absolute atomic E-state index is 5.63. The van der Waals surface area contributed by atoms with Crippen LogP contribution in [0.4, 0.5) is 0 Å². The van der Waals surface area contributed by atoms with Crippen LogP contribution in [0.1, 0.15) is 34.5 Å². The zero-order valence-corrected chi connectivity index (χ0v) is 11.1. The average molecular weight is 250 g/mol. The lowest BCUT2D eigenvalue weighted by Gasteiger charge is -2.14. The number of nitrogens with one attached hydrogen (secondary N) is 1. The van der Waals surface area contributed by atoms with Gasteiger partial charge in [0, 0.05) is 12.0 Å². The van der Waals surface area contributed by atoms with Gasteiger partial charge in [-0.05, 0) is 31.5 Å². The number of tetrazole rings is 1. The fourth-order valence-electron chi connectivity index (χ4n) is 2.15. The van der Waals surface area contributed by atoms with E-state index in [1.165, 1.54) is 4.80 Å². The molecule has 0 bridgehead atoms. The monoisotopic (exact) mass is 250 g/mol. The van der Waals surface area contributed by atoms with Crippen molar-refractivity contribution >= 4 is 0 Å². The third kappa shape index (κ3) is 2.27. The van der Waals surface area contributed by atoms with E-state index >= 15 is 0 Å². The second-order valence-electron chi connectivity index (χ2n) is 4.37. The molecule has 2 rings (SSSR count). The Hall–Kier alpha value is -1.73. The summed E-state index contributed by atoms with van der Waals surface area (Å²) in [7, 11) is 1.74. The number of hydrazine groups is 1. The summed E-state index contributed by atoms with van der Waals surface area (Å²) in [6.07, 6.45) is 0.574. The fraction of sp³-hybridized carbons (Fsp3) is 0.545. The van der Waals surface area contributed by atoms with E-state index in [1.807, 2.05) is 20.8 Å². The number of nitrogens with zero attached hydrogens (tertiary/aromatic N) is 4. The molecule has 0 spiro atoms. The van der Waals surface area contributed by atoms with Gasteiger partial charge in [-0.15, -0.1) is 10.2 Å². The third-order valence-corrected chi connectivity index (χ3v) is 3.10. The molecular formula is C11H18N6O. The molecule has 0 fully saturated rings. The lowest BCUT2D eigenvalue weighted by molar-refractivity contribution is 0.481. The number of aromatic nitrogens is 4. The second-order valence-corrected chi connectivity index (χ2v) is 4.37. The van der Waals surface area contributed by atoms with E-state index in [-0.39, 0.29) is 6.04 Å². The van der Waals surface area contributed by atoms with Crippen molar-refractivity contribution in [1.29, 1.82) is 0 Å². The van der Waals surface area contributed by atoms with Gasteiger partial charge in [0.25, 0.3) is 0 Å². The third-order valence-electron chi connectivity index (χ3n) is 3.10. The molecular weight excluding hydrogens is 232 g/mol. The van der Waals surface area contributed by atoms with E-state index in [0.717, 1.165) is 22.6 Å². The number of aryl methyl sites for hydroxylation is 3. The van der Waals surface area contributed by atoms with Gasteiger partial charge in [0.1, 0.15) is 11.5 Å². The van der Waals surface area contributed by atoms with Crippen molar-refractivity contribution in [1.82, 2.24) is 25.6 Å². The predicted octanol–water partition coefficient (Wildman–Crippen LogP) is 0.475. The van der Waals surface area contributed by atoms with Crippen LogP contribution in [0.5, 0.6) is 0 Å². The molecule has 0 radical (unpaired) electrons. The molecule has 7 heteroatoms. The van der Waals surface area contributed by atoms with Gasteiger partial charge in [0.15, 0.2) is 5.82 Å². The number of hydrogen-bond donors (Lipinski definition) is 2. The molecule has 18 heavy (non-hydrogen) atoms. The molecule has 2 aromatic heterocycles. The maximum Gasteiger partial charge on any atom is 0.176 e. The van der Waals surface area contributed by atoms with Crippen molar-refractivity contribution < 1.29 is 4.42 Å².